The highest BCUT2D eigenvalue weighted by molar-refractivity contribution is 5.77. The molecule has 2 aliphatic rings. The van der Waals surface area contributed by atoms with Crippen LogP contribution < -0.4 is 0 Å². The zero-order chi connectivity index (χ0) is 18.0. The second-order valence-electron chi connectivity index (χ2n) is 7.78. The van der Waals surface area contributed by atoms with Crippen LogP contribution in [0, 0.1) is 13.8 Å². The molecule has 1 amide bonds. The summed E-state index contributed by atoms with van der Waals surface area (Å²) in [4.78, 5) is 19.0. The maximum atomic E-state index is 12.6. The van der Waals surface area contributed by atoms with E-state index in [-0.39, 0.29) is 5.91 Å². The summed E-state index contributed by atoms with van der Waals surface area (Å²) in [6.07, 6.45) is 1.86. The molecule has 3 heterocycles. The number of aryl methyl sites for hydroxylation is 2. The number of nitrogens with one attached hydrogen (secondary N) is 1. The minimum absolute atomic E-state index is 0.134. The molecule has 1 atom stereocenters. The van der Waals surface area contributed by atoms with Crippen molar-refractivity contribution in [2.24, 2.45) is 0 Å². The van der Waals surface area contributed by atoms with Gasteiger partial charge in [-0.3, -0.25) is 14.8 Å². The van der Waals surface area contributed by atoms with Crippen LogP contribution in [0.5, 0.6) is 0 Å². The maximum absolute atomic E-state index is 12.6. The highest BCUT2D eigenvalue weighted by atomic mass is 16.3. The predicted molar refractivity (Wildman–Crippen MR) is 96.5 cm³/mol. The van der Waals surface area contributed by atoms with E-state index in [2.05, 4.69) is 27.0 Å². The summed E-state index contributed by atoms with van der Waals surface area (Å²) >= 11 is 0. The first-order valence-corrected chi connectivity index (χ1v) is 9.28. The fourth-order valence-corrected chi connectivity index (χ4v) is 3.95. The number of carbonyl (C=O) groups excluding carboxylic acids is 1. The van der Waals surface area contributed by atoms with E-state index in [9.17, 15) is 9.90 Å². The van der Waals surface area contributed by atoms with E-state index in [0.717, 1.165) is 43.1 Å². The van der Waals surface area contributed by atoms with E-state index >= 15 is 0 Å². The summed E-state index contributed by atoms with van der Waals surface area (Å²) in [7, 11) is 2.13. The molecule has 2 fully saturated rings. The molecule has 0 saturated carbocycles. The van der Waals surface area contributed by atoms with E-state index in [1.807, 2.05) is 18.7 Å². The van der Waals surface area contributed by atoms with Gasteiger partial charge < -0.3 is 14.9 Å². The first-order valence-electron chi connectivity index (χ1n) is 9.28. The van der Waals surface area contributed by atoms with Gasteiger partial charge in [0.2, 0.25) is 5.91 Å². The Hall–Kier alpha value is -1.44. The number of aromatic nitrogens is 2. The Morgan fingerprint density at radius 2 is 1.96 bits per heavy atom. The third kappa shape index (κ3) is 4.40. The Labute approximate surface area is 150 Å². The number of carbonyl (C=O) groups is 1. The molecule has 7 nitrogen and oxygen atoms in total. The molecular weight excluding hydrogens is 318 g/mol. The molecular formula is C18H31N5O2. The smallest absolute Gasteiger partial charge is 0.223 e. The summed E-state index contributed by atoms with van der Waals surface area (Å²) in [5.74, 6) is 0.134. The van der Waals surface area contributed by atoms with E-state index in [0.29, 0.717) is 38.9 Å². The number of rotatable bonds is 5. The third-order valence-corrected chi connectivity index (χ3v) is 5.67. The van der Waals surface area contributed by atoms with Gasteiger partial charge in [-0.15, -0.1) is 0 Å². The average Bonchev–Trinajstić information content (AvgIpc) is 3.11. The maximum Gasteiger partial charge on any atom is 0.223 e. The molecule has 2 saturated heterocycles. The number of piperazine rings is 1. The monoisotopic (exact) mass is 349 g/mol. The standard InChI is InChI=1S/C18H31N5O2/c1-14-16(15(2)20-19-14)4-5-17(24)23-7-6-18(25,13-23)12-22-10-8-21(3)9-11-22/h25H,4-13H2,1-3H3,(H,19,20)/t18-/m0/s1. The fourth-order valence-electron chi connectivity index (χ4n) is 3.95. The lowest BCUT2D eigenvalue weighted by Crippen LogP contribution is -2.52. The number of aromatic amines is 1. The average molecular weight is 349 g/mol. The second-order valence-corrected chi connectivity index (χ2v) is 7.78. The topological polar surface area (TPSA) is 75.7 Å². The van der Waals surface area contributed by atoms with Crippen LogP contribution >= 0.6 is 0 Å². The molecule has 2 aliphatic heterocycles. The molecule has 1 aromatic heterocycles. The largest absolute Gasteiger partial charge is 0.387 e. The highest BCUT2D eigenvalue weighted by Gasteiger charge is 2.39. The number of likely N-dealkylation sites (N-methyl/N-ethyl adjacent to an activating group) is 1. The van der Waals surface area contributed by atoms with Crippen LogP contribution in [0.15, 0.2) is 0 Å². The Kier molecular flexibility index (Phi) is 5.46. The van der Waals surface area contributed by atoms with Crippen LogP contribution in [0.25, 0.3) is 0 Å². The number of nitrogens with zero attached hydrogens (tertiary/aromatic N) is 4. The first-order chi connectivity index (χ1) is 11.9. The van der Waals surface area contributed by atoms with E-state index in [1.165, 1.54) is 0 Å². The highest BCUT2D eigenvalue weighted by Crippen LogP contribution is 2.24. The lowest BCUT2D eigenvalue weighted by atomic mass is 10.0. The number of hydrogen-bond donors (Lipinski definition) is 2. The first kappa shape index (κ1) is 18.4. The number of hydrogen-bond acceptors (Lipinski definition) is 5. The van der Waals surface area contributed by atoms with Gasteiger partial charge in [0.05, 0.1) is 17.8 Å². The van der Waals surface area contributed by atoms with Crippen molar-refractivity contribution < 1.29 is 9.90 Å². The van der Waals surface area contributed by atoms with E-state index < -0.39 is 5.60 Å². The van der Waals surface area contributed by atoms with Crippen molar-refractivity contribution in [3.8, 4) is 0 Å². The molecule has 0 bridgehead atoms. The Balaban J connectivity index is 1.48. The van der Waals surface area contributed by atoms with E-state index in [1.54, 1.807) is 0 Å². The minimum atomic E-state index is -0.757. The third-order valence-electron chi connectivity index (χ3n) is 5.67. The molecule has 7 heteroatoms. The summed E-state index contributed by atoms with van der Waals surface area (Å²) in [6.45, 7) is 9.82. The van der Waals surface area contributed by atoms with Gasteiger partial charge in [0.25, 0.3) is 0 Å². The molecule has 140 valence electrons. The van der Waals surface area contributed by atoms with Crippen LogP contribution in [-0.2, 0) is 11.2 Å². The molecule has 0 spiro atoms. The van der Waals surface area contributed by atoms with Crippen molar-refractivity contribution in [3.63, 3.8) is 0 Å². The predicted octanol–water partition coefficient (Wildman–Crippen LogP) is 0.170. The van der Waals surface area contributed by atoms with Gasteiger partial charge >= 0.3 is 0 Å². The van der Waals surface area contributed by atoms with Crippen LogP contribution in [0.3, 0.4) is 0 Å². The Morgan fingerprint density at radius 3 is 2.60 bits per heavy atom. The zero-order valence-electron chi connectivity index (χ0n) is 15.7. The lowest BCUT2D eigenvalue weighted by molar-refractivity contribution is -0.131. The van der Waals surface area contributed by atoms with Gasteiger partial charge in [-0.05, 0) is 39.3 Å². The van der Waals surface area contributed by atoms with Gasteiger partial charge in [0.1, 0.15) is 0 Å². The van der Waals surface area contributed by atoms with Crippen molar-refractivity contribution in [1.82, 2.24) is 24.9 Å². The van der Waals surface area contributed by atoms with Crippen molar-refractivity contribution in [2.45, 2.75) is 38.7 Å². The van der Waals surface area contributed by atoms with Crippen molar-refractivity contribution in [2.75, 3.05) is 52.9 Å². The van der Waals surface area contributed by atoms with Gasteiger partial charge in [0, 0.05) is 51.4 Å². The number of β-amino-alcohol motifs (C(OH)–C–C–N with tert-alkyl or cyclic N) is 1. The number of H-pyrrole nitrogens is 1. The molecule has 3 rings (SSSR count). The SMILES string of the molecule is Cc1n[nH]c(C)c1CCC(=O)N1CC[C@](O)(CN2CCN(C)CC2)C1. The van der Waals surface area contributed by atoms with Crippen molar-refractivity contribution in [1.29, 1.82) is 0 Å². The van der Waals surface area contributed by atoms with Crippen molar-refractivity contribution >= 4 is 5.91 Å². The second kappa shape index (κ2) is 7.43. The fraction of sp³-hybridized carbons (Fsp3) is 0.778. The summed E-state index contributed by atoms with van der Waals surface area (Å²) in [6, 6.07) is 0. The summed E-state index contributed by atoms with van der Waals surface area (Å²) in [5.41, 5.74) is 2.39. The molecule has 0 aromatic carbocycles. The Bertz CT molecular complexity index is 589. The van der Waals surface area contributed by atoms with E-state index in [4.69, 9.17) is 0 Å². The summed E-state index contributed by atoms with van der Waals surface area (Å²) < 4.78 is 0. The van der Waals surface area contributed by atoms with Crippen LogP contribution in [-0.4, -0.2) is 94.4 Å². The van der Waals surface area contributed by atoms with Gasteiger partial charge in [-0.1, -0.05) is 0 Å². The molecule has 1 aromatic rings. The minimum Gasteiger partial charge on any atom is -0.387 e. The van der Waals surface area contributed by atoms with Crippen LogP contribution in [0.2, 0.25) is 0 Å². The number of aliphatic hydroxyl groups is 1. The molecule has 25 heavy (non-hydrogen) atoms. The van der Waals surface area contributed by atoms with Crippen LogP contribution in [0.4, 0.5) is 0 Å². The van der Waals surface area contributed by atoms with Gasteiger partial charge in [-0.2, -0.15) is 5.10 Å². The molecule has 0 aliphatic carbocycles. The quantitative estimate of drug-likeness (QED) is 0.793. The number of likely N-dealkylation sites (tertiary alicyclic amines) is 1. The van der Waals surface area contributed by atoms with Gasteiger partial charge in [0.15, 0.2) is 0 Å². The van der Waals surface area contributed by atoms with Gasteiger partial charge in [-0.25, -0.2) is 0 Å². The van der Waals surface area contributed by atoms with Crippen LogP contribution in [0.1, 0.15) is 29.8 Å². The van der Waals surface area contributed by atoms with Crippen molar-refractivity contribution in [3.05, 3.63) is 17.0 Å². The number of amides is 1. The zero-order valence-corrected chi connectivity index (χ0v) is 15.7. The molecule has 2 N–H and O–H groups in total. The molecule has 0 radical (unpaired) electrons. The lowest BCUT2D eigenvalue weighted by Gasteiger charge is -2.36. The molecule has 0 unspecified atom stereocenters. The normalized spacial score (nSPS) is 25.7. The Morgan fingerprint density at radius 1 is 1.24 bits per heavy atom. The summed E-state index contributed by atoms with van der Waals surface area (Å²) in [5, 5.41) is 18.1.